The topological polar surface area (TPSA) is 77.6 Å². The number of nitrogens with one attached hydrogen (secondary N) is 4. The Morgan fingerprint density at radius 2 is 1.55 bits per heavy atom. The van der Waals surface area contributed by atoms with E-state index in [0.29, 0.717) is 5.96 Å². The molecule has 0 rings (SSSR count). The first kappa shape index (κ1) is 18.7. The van der Waals surface area contributed by atoms with Gasteiger partial charge >= 0.3 is 0 Å². The first-order valence-electron chi connectivity index (χ1n) is 7.04. The summed E-state index contributed by atoms with van der Waals surface area (Å²) in [6, 6.07) is 0. The molecule has 0 saturated carbocycles. The van der Waals surface area contributed by atoms with Crippen molar-refractivity contribution in [2.75, 3.05) is 26.7 Å². The van der Waals surface area contributed by atoms with Crippen molar-refractivity contribution in [3.05, 3.63) is 0 Å². The summed E-state index contributed by atoms with van der Waals surface area (Å²) in [5.74, 6) is 0.582. The summed E-state index contributed by atoms with van der Waals surface area (Å²) >= 11 is 0. The minimum atomic E-state index is -0.216. The summed E-state index contributed by atoms with van der Waals surface area (Å²) in [5.41, 5.74) is -0.114. The highest BCUT2D eigenvalue weighted by Gasteiger charge is 2.13. The number of nitrogens with zero attached hydrogens (tertiary/aromatic N) is 1. The van der Waals surface area contributed by atoms with Gasteiger partial charge in [0.05, 0.1) is 6.54 Å². The summed E-state index contributed by atoms with van der Waals surface area (Å²) in [7, 11) is 1.69. The van der Waals surface area contributed by atoms with Crippen LogP contribution < -0.4 is 21.3 Å². The molecule has 0 heterocycles. The molecular formula is C14H31N5O. The number of hydrogen-bond acceptors (Lipinski definition) is 3. The Bertz CT molecular complexity index is 325. The molecule has 0 aliphatic carbocycles. The normalized spacial score (nSPS) is 13.1. The number of carbonyl (C=O) groups is 1. The van der Waals surface area contributed by atoms with Gasteiger partial charge in [-0.15, -0.1) is 0 Å². The standard InChI is InChI=1S/C14H31N5O/c1-13(2,3)18-9-8-16-12(15-7)17-10-11(20)19-14(4,5)6/h18H,8-10H2,1-7H3,(H,19,20)(H2,15,16,17). The van der Waals surface area contributed by atoms with Crippen molar-refractivity contribution in [2.45, 2.75) is 52.6 Å². The van der Waals surface area contributed by atoms with Gasteiger partial charge in [-0.25, -0.2) is 0 Å². The van der Waals surface area contributed by atoms with E-state index in [1.54, 1.807) is 7.05 Å². The third-order valence-electron chi connectivity index (χ3n) is 2.23. The molecule has 0 aromatic carbocycles. The van der Waals surface area contributed by atoms with Gasteiger partial charge in [0.15, 0.2) is 5.96 Å². The Hall–Kier alpha value is -1.30. The van der Waals surface area contributed by atoms with Crippen LogP contribution in [0, 0.1) is 0 Å². The maximum atomic E-state index is 11.7. The van der Waals surface area contributed by atoms with Crippen LogP contribution in [0.5, 0.6) is 0 Å². The van der Waals surface area contributed by atoms with Gasteiger partial charge in [-0.3, -0.25) is 9.79 Å². The molecule has 1 amide bonds. The van der Waals surface area contributed by atoms with Gasteiger partial charge in [0.2, 0.25) is 5.91 Å². The molecule has 0 aromatic rings. The van der Waals surface area contributed by atoms with Crippen LogP contribution in [-0.2, 0) is 4.79 Å². The predicted octanol–water partition coefficient (Wildman–Crippen LogP) is 0.454. The van der Waals surface area contributed by atoms with Gasteiger partial charge in [0, 0.05) is 31.2 Å². The Kier molecular flexibility index (Phi) is 7.57. The van der Waals surface area contributed by atoms with Crippen LogP contribution in [0.3, 0.4) is 0 Å². The van der Waals surface area contributed by atoms with Crippen molar-refractivity contribution >= 4 is 11.9 Å². The lowest BCUT2D eigenvalue weighted by Crippen LogP contribution is -2.49. The lowest BCUT2D eigenvalue weighted by atomic mass is 10.1. The molecule has 118 valence electrons. The minimum absolute atomic E-state index is 0.0479. The molecule has 0 bridgehead atoms. The molecule has 0 fully saturated rings. The van der Waals surface area contributed by atoms with Crippen molar-refractivity contribution in [3.8, 4) is 0 Å². The van der Waals surface area contributed by atoms with E-state index in [-0.39, 0.29) is 23.5 Å². The molecule has 0 aliphatic rings. The lowest BCUT2D eigenvalue weighted by Gasteiger charge is -2.22. The van der Waals surface area contributed by atoms with Crippen molar-refractivity contribution in [3.63, 3.8) is 0 Å². The Morgan fingerprint density at radius 1 is 0.950 bits per heavy atom. The molecule has 0 aromatic heterocycles. The van der Waals surface area contributed by atoms with Crippen molar-refractivity contribution < 1.29 is 4.79 Å². The fraction of sp³-hybridized carbons (Fsp3) is 0.857. The van der Waals surface area contributed by atoms with E-state index < -0.39 is 0 Å². The fourth-order valence-corrected chi connectivity index (χ4v) is 1.47. The van der Waals surface area contributed by atoms with Crippen molar-refractivity contribution in [1.29, 1.82) is 0 Å². The zero-order valence-electron chi connectivity index (χ0n) is 14.0. The zero-order chi connectivity index (χ0) is 15.8. The number of hydrogen-bond donors (Lipinski definition) is 4. The molecule has 0 radical (unpaired) electrons. The smallest absolute Gasteiger partial charge is 0.239 e. The van der Waals surface area contributed by atoms with Crippen LogP contribution >= 0.6 is 0 Å². The molecule has 6 heteroatoms. The maximum absolute atomic E-state index is 11.7. The number of carbonyl (C=O) groups excluding carboxylic acids is 1. The van der Waals surface area contributed by atoms with Gasteiger partial charge in [-0.05, 0) is 41.5 Å². The molecular weight excluding hydrogens is 254 g/mol. The second-order valence-electron chi connectivity index (χ2n) is 6.83. The van der Waals surface area contributed by atoms with Gasteiger partial charge in [0.25, 0.3) is 0 Å². The van der Waals surface area contributed by atoms with E-state index in [9.17, 15) is 4.79 Å². The van der Waals surface area contributed by atoms with E-state index in [2.05, 4.69) is 47.0 Å². The Balaban J connectivity index is 3.92. The van der Waals surface area contributed by atoms with E-state index in [4.69, 9.17) is 0 Å². The minimum Gasteiger partial charge on any atom is -0.355 e. The molecule has 0 spiro atoms. The van der Waals surface area contributed by atoms with E-state index in [1.165, 1.54) is 0 Å². The average molecular weight is 285 g/mol. The third-order valence-corrected chi connectivity index (χ3v) is 2.23. The second kappa shape index (κ2) is 8.09. The Labute approximate surface area is 123 Å². The first-order valence-corrected chi connectivity index (χ1v) is 7.04. The van der Waals surface area contributed by atoms with Crippen molar-refractivity contribution in [2.24, 2.45) is 4.99 Å². The third kappa shape index (κ3) is 11.8. The SMILES string of the molecule is CN=C(NCCNC(C)(C)C)NCC(=O)NC(C)(C)C. The number of rotatable bonds is 5. The van der Waals surface area contributed by atoms with E-state index in [1.807, 2.05) is 20.8 Å². The zero-order valence-corrected chi connectivity index (χ0v) is 14.0. The number of aliphatic imine (C=N–C) groups is 1. The van der Waals surface area contributed by atoms with Gasteiger partial charge in [-0.1, -0.05) is 0 Å². The Morgan fingerprint density at radius 3 is 2.00 bits per heavy atom. The van der Waals surface area contributed by atoms with Crippen LogP contribution in [0.4, 0.5) is 0 Å². The summed E-state index contributed by atoms with van der Waals surface area (Å²) in [6.45, 7) is 14.0. The van der Waals surface area contributed by atoms with Gasteiger partial charge in [-0.2, -0.15) is 0 Å². The molecule has 0 atom stereocenters. The van der Waals surface area contributed by atoms with E-state index >= 15 is 0 Å². The molecule has 4 N–H and O–H groups in total. The molecule has 0 unspecified atom stereocenters. The monoisotopic (exact) mass is 285 g/mol. The maximum Gasteiger partial charge on any atom is 0.239 e. The quantitative estimate of drug-likeness (QED) is 0.336. The molecule has 20 heavy (non-hydrogen) atoms. The summed E-state index contributed by atoms with van der Waals surface area (Å²) in [4.78, 5) is 15.7. The highest BCUT2D eigenvalue weighted by molar-refractivity contribution is 5.86. The number of guanidine groups is 1. The largest absolute Gasteiger partial charge is 0.355 e. The average Bonchev–Trinajstić information content (AvgIpc) is 2.24. The first-order chi connectivity index (χ1) is 9.03. The van der Waals surface area contributed by atoms with Crippen LogP contribution in [0.1, 0.15) is 41.5 Å². The fourth-order valence-electron chi connectivity index (χ4n) is 1.47. The highest BCUT2D eigenvalue weighted by atomic mass is 16.2. The molecule has 0 aliphatic heterocycles. The lowest BCUT2D eigenvalue weighted by molar-refractivity contribution is -0.121. The molecule has 0 saturated heterocycles. The highest BCUT2D eigenvalue weighted by Crippen LogP contribution is 1.97. The number of amides is 1. The predicted molar refractivity (Wildman–Crippen MR) is 85.0 cm³/mol. The summed E-state index contributed by atoms with van der Waals surface area (Å²) in [6.07, 6.45) is 0. The van der Waals surface area contributed by atoms with E-state index in [0.717, 1.165) is 13.1 Å². The van der Waals surface area contributed by atoms with Crippen LogP contribution in [0.2, 0.25) is 0 Å². The van der Waals surface area contributed by atoms with Crippen LogP contribution in [0.15, 0.2) is 4.99 Å². The second-order valence-corrected chi connectivity index (χ2v) is 6.83. The summed E-state index contributed by atoms with van der Waals surface area (Å²) in [5, 5.41) is 12.4. The van der Waals surface area contributed by atoms with Crippen molar-refractivity contribution in [1.82, 2.24) is 21.3 Å². The molecule has 6 nitrogen and oxygen atoms in total. The van der Waals surface area contributed by atoms with Crippen LogP contribution in [0.25, 0.3) is 0 Å². The van der Waals surface area contributed by atoms with Gasteiger partial charge < -0.3 is 21.3 Å². The van der Waals surface area contributed by atoms with Gasteiger partial charge in [0.1, 0.15) is 0 Å². The van der Waals surface area contributed by atoms with Crippen LogP contribution in [-0.4, -0.2) is 49.6 Å². The summed E-state index contributed by atoms with van der Waals surface area (Å²) < 4.78 is 0.